The summed E-state index contributed by atoms with van der Waals surface area (Å²) in [5.41, 5.74) is 0.531. The number of amides is 1. The van der Waals surface area contributed by atoms with Crippen LogP contribution in [0.1, 0.15) is 24.3 Å². The smallest absolute Gasteiger partial charge is 0.272 e. The Labute approximate surface area is 95.7 Å². The van der Waals surface area contributed by atoms with Crippen LogP contribution < -0.4 is 5.32 Å². The summed E-state index contributed by atoms with van der Waals surface area (Å²) in [6, 6.07) is 6.01. The van der Waals surface area contributed by atoms with Crippen molar-refractivity contribution in [2.45, 2.75) is 25.9 Å². The van der Waals surface area contributed by atoms with E-state index >= 15 is 0 Å². The molecule has 2 atom stereocenters. The van der Waals surface area contributed by atoms with E-state index in [0.717, 1.165) is 13.1 Å². The minimum Gasteiger partial charge on any atom is -0.332 e. The van der Waals surface area contributed by atoms with Gasteiger partial charge in [0.1, 0.15) is 5.69 Å². The van der Waals surface area contributed by atoms with E-state index in [0.29, 0.717) is 11.7 Å². The molecule has 4 heteroatoms. The number of aromatic nitrogens is 1. The van der Waals surface area contributed by atoms with Gasteiger partial charge in [0.2, 0.25) is 0 Å². The van der Waals surface area contributed by atoms with E-state index in [4.69, 9.17) is 0 Å². The van der Waals surface area contributed by atoms with E-state index in [1.54, 1.807) is 12.3 Å². The Hall–Kier alpha value is -1.42. The molecular formula is C12H17N3O. The zero-order valence-corrected chi connectivity index (χ0v) is 9.68. The molecule has 1 amide bonds. The lowest BCUT2D eigenvalue weighted by Gasteiger charge is -2.37. The van der Waals surface area contributed by atoms with E-state index in [2.05, 4.69) is 24.1 Å². The summed E-state index contributed by atoms with van der Waals surface area (Å²) in [5, 5.41) is 3.35. The van der Waals surface area contributed by atoms with Gasteiger partial charge in [0.15, 0.2) is 0 Å². The van der Waals surface area contributed by atoms with Gasteiger partial charge in [-0.1, -0.05) is 6.07 Å². The SMILES string of the molecule is C[C@@H]1CN(C(=O)c2ccccn2)[C@H](C)CN1. The van der Waals surface area contributed by atoms with Gasteiger partial charge in [0.05, 0.1) is 0 Å². The molecule has 0 aromatic carbocycles. The van der Waals surface area contributed by atoms with Gasteiger partial charge < -0.3 is 10.2 Å². The van der Waals surface area contributed by atoms with Crippen LogP contribution in [0.2, 0.25) is 0 Å². The summed E-state index contributed by atoms with van der Waals surface area (Å²) in [6.07, 6.45) is 1.66. The summed E-state index contributed by atoms with van der Waals surface area (Å²) in [5.74, 6) is 0.0291. The minimum atomic E-state index is 0.0291. The van der Waals surface area contributed by atoms with Gasteiger partial charge in [-0.05, 0) is 26.0 Å². The summed E-state index contributed by atoms with van der Waals surface area (Å²) >= 11 is 0. The lowest BCUT2D eigenvalue weighted by Crippen LogP contribution is -2.56. The van der Waals surface area contributed by atoms with E-state index in [1.807, 2.05) is 17.0 Å². The molecule has 1 aliphatic rings. The molecule has 1 aromatic rings. The van der Waals surface area contributed by atoms with Crippen molar-refractivity contribution < 1.29 is 4.79 Å². The van der Waals surface area contributed by atoms with Crippen molar-refractivity contribution in [3.8, 4) is 0 Å². The predicted molar refractivity (Wildman–Crippen MR) is 62.2 cm³/mol. The van der Waals surface area contributed by atoms with Crippen molar-refractivity contribution in [3.63, 3.8) is 0 Å². The maximum atomic E-state index is 12.2. The predicted octanol–water partition coefficient (Wildman–Crippen LogP) is 0.904. The Morgan fingerprint density at radius 2 is 2.31 bits per heavy atom. The lowest BCUT2D eigenvalue weighted by molar-refractivity contribution is 0.0610. The average Bonchev–Trinajstić information content (AvgIpc) is 2.32. The number of nitrogens with one attached hydrogen (secondary N) is 1. The molecule has 0 bridgehead atoms. The van der Waals surface area contributed by atoms with Gasteiger partial charge in [-0.3, -0.25) is 9.78 Å². The number of carbonyl (C=O) groups is 1. The molecule has 0 unspecified atom stereocenters. The minimum absolute atomic E-state index is 0.0291. The van der Waals surface area contributed by atoms with Crippen molar-refractivity contribution in [2.75, 3.05) is 13.1 Å². The fraction of sp³-hybridized carbons (Fsp3) is 0.500. The van der Waals surface area contributed by atoms with Crippen LogP contribution in [0.5, 0.6) is 0 Å². The van der Waals surface area contributed by atoms with Crippen LogP contribution in [-0.4, -0.2) is 41.0 Å². The topological polar surface area (TPSA) is 45.2 Å². The van der Waals surface area contributed by atoms with Crippen LogP contribution in [0.4, 0.5) is 0 Å². The quantitative estimate of drug-likeness (QED) is 0.763. The largest absolute Gasteiger partial charge is 0.332 e. The zero-order chi connectivity index (χ0) is 11.5. The number of carbonyl (C=O) groups excluding carboxylic acids is 1. The molecule has 86 valence electrons. The Morgan fingerprint density at radius 3 is 3.00 bits per heavy atom. The molecule has 4 nitrogen and oxygen atoms in total. The first kappa shape index (κ1) is 11.1. The lowest BCUT2D eigenvalue weighted by atomic mass is 10.1. The van der Waals surface area contributed by atoms with Crippen molar-refractivity contribution in [2.24, 2.45) is 0 Å². The first-order valence-corrected chi connectivity index (χ1v) is 5.64. The molecule has 0 radical (unpaired) electrons. The molecule has 0 saturated carbocycles. The second kappa shape index (κ2) is 4.61. The molecular weight excluding hydrogens is 202 g/mol. The molecule has 2 rings (SSSR count). The summed E-state index contributed by atoms with van der Waals surface area (Å²) in [7, 11) is 0. The van der Waals surface area contributed by atoms with Gasteiger partial charge in [-0.15, -0.1) is 0 Å². The van der Waals surface area contributed by atoms with Crippen LogP contribution in [0.15, 0.2) is 24.4 Å². The van der Waals surface area contributed by atoms with Gasteiger partial charge in [0, 0.05) is 31.4 Å². The summed E-state index contributed by atoms with van der Waals surface area (Å²) in [6.45, 7) is 5.74. The van der Waals surface area contributed by atoms with Crippen molar-refractivity contribution >= 4 is 5.91 Å². The number of rotatable bonds is 1. The first-order chi connectivity index (χ1) is 7.68. The van der Waals surface area contributed by atoms with E-state index in [9.17, 15) is 4.79 Å². The van der Waals surface area contributed by atoms with Gasteiger partial charge >= 0.3 is 0 Å². The molecule has 2 heterocycles. The van der Waals surface area contributed by atoms with E-state index in [-0.39, 0.29) is 11.9 Å². The van der Waals surface area contributed by atoms with Crippen molar-refractivity contribution in [1.82, 2.24) is 15.2 Å². The number of nitrogens with zero attached hydrogens (tertiary/aromatic N) is 2. The zero-order valence-electron chi connectivity index (χ0n) is 9.68. The Kier molecular flexibility index (Phi) is 3.19. The number of pyridine rings is 1. The molecule has 0 spiro atoms. The van der Waals surface area contributed by atoms with Gasteiger partial charge in [-0.2, -0.15) is 0 Å². The Balaban J connectivity index is 2.15. The van der Waals surface area contributed by atoms with Gasteiger partial charge in [0.25, 0.3) is 5.91 Å². The highest BCUT2D eigenvalue weighted by atomic mass is 16.2. The number of hydrogen-bond donors (Lipinski definition) is 1. The number of piperazine rings is 1. The normalized spacial score (nSPS) is 25.5. The maximum absolute atomic E-state index is 12.2. The van der Waals surface area contributed by atoms with Crippen molar-refractivity contribution in [3.05, 3.63) is 30.1 Å². The molecule has 1 aromatic heterocycles. The van der Waals surface area contributed by atoms with E-state index < -0.39 is 0 Å². The second-order valence-electron chi connectivity index (χ2n) is 4.33. The van der Waals surface area contributed by atoms with Crippen LogP contribution in [0.3, 0.4) is 0 Å². The Bertz CT molecular complexity index is 366. The molecule has 0 aliphatic carbocycles. The van der Waals surface area contributed by atoms with Crippen molar-refractivity contribution in [1.29, 1.82) is 0 Å². The fourth-order valence-corrected chi connectivity index (χ4v) is 1.94. The van der Waals surface area contributed by atoms with Gasteiger partial charge in [-0.25, -0.2) is 0 Å². The molecule has 1 aliphatic heterocycles. The monoisotopic (exact) mass is 219 g/mol. The fourth-order valence-electron chi connectivity index (χ4n) is 1.94. The highest BCUT2D eigenvalue weighted by Gasteiger charge is 2.27. The Morgan fingerprint density at radius 1 is 1.50 bits per heavy atom. The third-order valence-electron chi connectivity index (χ3n) is 2.91. The number of hydrogen-bond acceptors (Lipinski definition) is 3. The highest BCUT2D eigenvalue weighted by molar-refractivity contribution is 5.92. The summed E-state index contributed by atoms with van der Waals surface area (Å²) in [4.78, 5) is 18.2. The standard InChI is InChI=1S/C12H17N3O/c1-9-8-15(10(2)7-14-9)12(16)11-5-3-4-6-13-11/h3-6,9-10,14H,7-8H2,1-2H3/t9-,10-/m1/s1. The second-order valence-corrected chi connectivity index (χ2v) is 4.33. The molecule has 16 heavy (non-hydrogen) atoms. The first-order valence-electron chi connectivity index (χ1n) is 5.64. The van der Waals surface area contributed by atoms with Crippen LogP contribution >= 0.6 is 0 Å². The van der Waals surface area contributed by atoms with E-state index in [1.165, 1.54) is 0 Å². The van der Waals surface area contributed by atoms with Crippen LogP contribution in [0.25, 0.3) is 0 Å². The maximum Gasteiger partial charge on any atom is 0.272 e. The average molecular weight is 219 g/mol. The van der Waals surface area contributed by atoms with Crippen LogP contribution in [-0.2, 0) is 0 Å². The highest BCUT2D eigenvalue weighted by Crippen LogP contribution is 2.10. The third kappa shape index (κ3) is 2.22. The third-order valence-corrected chi connectivity index (χ3v) is 2.91. The molecule has 1 N–H and O–H groups in total. The summed E-state index contributed by atoms with van der Waals surface area (Å²) < 4.78 is 0. The molecule has 1 saturated heterocycles. The van der Waals surface area contributed by atoms with Crippen LogP contribution in [0, 0.1) is 0 Å². The molecule has 1 fully saturated rings.